The van der Waals surface area contributed by atoms with Gasteiger partial charge in [-0.25, -0.2) is 4.79 Å². The number of hydrogen-bond donors (Lipinski definition) is 2. The minimum Gasteiger partial charge on any atom is -0.444 e. The Morgan fingerprint density at radius 3 is 2.50 bits per heavy atom. The molecule has 0 spiro atoms. The van der Waals surface area contributed by atoms with Crippen molar-refractivity contribution in [3.8, 4) is 0 Å². The lowest BCUT2D eigenvalue weighted by Crippen LogP contribution is -2.46. The second-order valence-electron chi connectivity index (χ2n) is 6.66. The molecule has 1 aromatic heterocycles. The summed E-state index contributed by atoms with van der Waals surface area (Å²) in [5.74, 6) is 0.285. The van der Waals surface area contributed by atoms with Crippen LogP contribution in [0, 0.1) is 5.92 Å². The van der Waals surface area contributed by atoms with Crippen molar-refractivity contribution in [2.75, 3.05) is 6.54 Å². The first-order valence-electron chi connectivity index (χ1n) is 7.48. The second-order valence-corrected chi connectivity index (χ2v) is 7.61. The SMILES string of the molecule is CC(C)C[C@@H](CNC(=O)c1cccs1)NC(=O)OC(C)(C)C. The van der Waals surface area contributed by atoms with Crippen LogP contribution in [0.25, 0.3) is 0 Å². The molecule has 0 aliphatic rings. The molecule has 124 valence electrons. The number of thiophene rings is 1. The highest BCUT2D eigenvalue weighted by molar-refractivity contribution is 7.12. The summed E-state index contributed by atoms with van der Waals surface area (Å²) < 4.78 is 5.27. The zero-order valence-electron chi connectivity index (χ0n) is 13.9. The molecule has 5 nitrogen and oxygen atoms in total. The summed E-state index contributed by atoms with van der Waals surface area (Å²) in [6, 6.07) is 3.46. The quantitative estimate of drug-likeness (QED) is 0.842. The van der Waals surface area contributed by atoms with E-state index in [4.69, 9.17) is 4.74 Å². The molecule has 0 saturated carbocycles. The van der Waals surface area contributed by atoms with E-state index in [1.54, 1.807) is 6.07 Å². The highest BCUT2D eigenvalue weighted by Crippen LogP contribution is 2.10. The van der Waals surface area contributed by atoms with Crippen LogP contribution < -0.4 is 10.6 Å². The van der Waals surface area contributed by atoms with Crippen molar-refractivity contribution in [3.63, 3.8) is 0 Å². The van der Waals surface area contributed by atoms with E-state index in [2.05, 4.69) is 24.5 Å². The number of carbonyl (C=O) groups is 2. The zero-order valence-corrected chi connectivity index (χ0v) is 14.8. The van der Waals surface area contributed by atoms with Gasteiger partial charge < -0.3 is 15.4 Å². The standard InChI is InChI=1S/C16H26N2O3S/c1-11(2)9-12(18-15(20)21-16(3,4)5)10-17-14(19)13-7-6-8-22-13/h6-8,11-12H,9-10H2,1-5H3,(H,17,19)(H,18,20)/t12-/m0/s1. The Kier molecular flexibility index (Phi) is 6.87. The van der Waals surface area contributed by atoms with Crippen LogP contribution in [-0.4, -0.2) is 30.2 Å². The number of amides is 2. The van der Waals surface area contributed by atoms with Gasteiger partial charge in [-0.15, -0.1) is 11.3 Å². The van der Waals surface area contributed by atoms with Crippen molar-refractivity contribution in [2.24, 2.45) is 5.92 Å². The Morgan fingerprint density at radius 1 is 1.32 bits per heavy atom. The zero-order chi connectivity index (χ0) is 16.8. The van der Waals surface area contributed by atoms with Gasteiger partial charge >= 0.3 is 6.09 Å². The number of alkyl carbamates (subject to hydrolysis) is 1. The molecule has 1 atom stereocenters. The molecule has 1 aromatic rings. The first-order chi connectivity index (χ1) is 10.2. The van der Waals surface area contributed by atoms with E-state index in [0.717, 1.165) is 6.42 Å². The number of carbonyl (C=O) groups excluding carboxylic acids is 2. The maximum atomic E-state index is 12.0. The van der Waals surface area contributed by atoms with E-state index >= 15 is 0 Å². The van der Waals surface area contributed by atoms with Crippen molar-refractivity contribution in [1.29, 1.82) is 0 Å². The molecule has 0 aliphatic carbocycles. The summed E-state index contributed by atoms with van der Waals surface area (Å²) in [7, 11) is 0. The van der Waals surface area contributed by atoms with Crippen molar-refractivity contribution >= 4 is 23.3 Å². The maximum absolute atomic E-state index is 12.0. The summed E-state index contributed by atoms with van der Waals surface area (Å²) >= 11 is 1.39. The van der Waals surface area contributed by atoms with Gasteiger partial charge in [-0.2, -0.15) is 0 Å². The molecule has 22 heavy (non-hydrogen) atoms. The molecule has 1 heterocycles. The van der Waals surface area contributed by atoms with Crippen LogP contribution in [0.15, 0.2) is 17.5 Å². The van der Waals surface area contributed by atoms with E-state index in [-0.39, 0.29) is 11.9 Å². The molecule has 1 rings (SSSR count). The first kappa shape index (κ1) is 18.5. The monoisotopic (exact) mass is 326 g/mol. The predicted molar refractivity (Wildman–Crippen MR) is 89.3 cm³/mol. The fraction of sp³-hybridized carbons (Fsp3) is 0.625. The van der Waals surface area contributed by atoms with E-state index in [1.165, 1.54) is 11.3 Å². The number of nitrogens with one attached hydrogen (secondary N) is 2. The topological polar surface area (TPSA) is 67.4 Å². The molecule has 2 amide bonds. The smallest absolute Gasteiger partial charge is 0.407 e. The lowest BCUT2D eigenvalue weighted by atomic mass is 10.0. The van der Waals surface area contributed by atoms with E-state index in [1.807, 2.05) is 32.2 Å². The Hall–Kier alpha value is -1.56. The Labute approximate surface area is 136 Å². The van der Waals surface area contributed by atoms with Crippen LogP contribution in [0.5, 0.6) is 0 Å². The Balaban J connectivity index is 2.53. The van der Waals surface area contributed by atoms with Gasteiger partial charge in [0.25, 0.3) is 5.91 Å². The molecular formula is C16H26N2O3S. The van der Waals surface area contributed by atoms with Crippen molar-refractivity contribution in [1.82, 2.24) is 10.6 Å². The number of ether oxygens (including phenoxy) is 1. The van der Waals surface area contributed by atoms with Gasteiger partial charge in [-0.05, 0) is 44.6 Å². The molecule has 6 heteroatoms. The van der Waals surface area contributed by atoms with Crippen LogP contribution in [-0.2, 0) is 4.74 Å². The number of rotatable bonds is 6. The first-order valence-corrected chi connectivity index (χ1v) is 8.36. The van der Waals surface area contributed by atoms with Crippen LogP contribution >= 0.6 is 11.3 Å². The summed E-state index contributed by atoms with van der Waals surface area (Å²) in [5, 5.41) is 7.55. The van der Waals surface area contributed by atoms with Crippen LogP contribution in [0.3, 0.4) is 0 Å². The summed E-state index contributed by atoms with van der Waals surface area (Å²) in [6.45, 7) is 10.00. The Morgan fingerprint density at radius 2 is 2.00 bits per heavy atom. The molecule has 2 N–H and O–H groups in total. The van der Waals surface area contributed by atoms with Crippen LogP contribution in [0.1, 0.15) is 50.7 Å². The molecule has 0 bridgehead atoms. The predicted octanol–water partition coefficient (Wildman–Crippen LogP) is 3.42. The van der Waals surface area contributed by atoms with Crippen LogP contribution in [0.4, 0.5) is 4.79 Å². The van der Waals surface area contributed by atoms with Gasteiger partial charge in [0.1, 0.15) is 5.60 Å². The van der Waals surface area contributed by atoms with Gasteiger partial charge in [0.05, 0.1) is 4.88 Å². The molecule has 0 fully saturated rings. The third-order valence-corrected chi connectivity index (χ3v) is 3.60. The van der Waals surface area contributed by atoms with Gasteiger partial charge in [0, 0.05) is 12.6 Å². The molecule has 0 unspecified atom stereocenters. The molecule has 0 aliphatic heterocycles. The maximum Gasteiger partial charge on any atom is 0.407 e. The minimum absolute atomic E-state index is 0.116. The van der Waals surface area contributed by atoms with E-state index in [0.29, 0.717) is 17.3 Å². The average Bonchev–Trinajstić information content (AvgIpc) is 2.86. The highest BCUT2D eigenvalue weighted by atomic mass is 32.1. The lowest BCUT2D eigenvalue weighted by molar-refractivity contribution is 0.0496. The lowest BCUT2D eigenvalue weighted by Gasteiger charge is -2.24. The highest BCUT2D eigenvalue weighted by Gasteiger charge is 2.20. The Bertz CT molecular complexity index is 478. The molecule has 0 aromatic carbocycles. The second kappa shape index (κ2) is 8.17. The van der Waals surface area contributed by atoms with Crippen molar-refractivity contribution < 1.29 is 14.3 Å². The summed E-state index contributed by atoms with van der Waals surface area (Å²) in [4.78, 5) is 24.5. The minimum atomic E-state index is -0.535. The fourth-order valence-corrected chi connectivity index (χ4v) is 2.59. The third kappa shape index (κ3) is 7.45. The third-order valence-electron chi connectivity index (χ3n) is 2.73. The molecular weight excluding hydrogens is 300 g/mol. The van der Waals surface area contributed by atoms with Gasteiger partial charge in [-0.1, -0.05) is 19.9 Å². The normalized spacial score (nSPS) is 12.8. The van der Waals surface area contributed by atoms with Crippen molar-refractivity contribution in [2.45, 2.75) is 52.7 Å². The van der Waals surface area contributed by atoms with Crippen molar-refractivity contribution in [3.05, 3.63) is 22.4 Å². The van der Waals surface area contributed by atoms with E-state index in [9.17, 15) is 9.59 Å². The average molecular weight is 326 g/mol. The molecule has 0 radical (unpaired) electrons. The number of hydrogen-bond acceptors (Lipinski definition) is 4. The summed E-state index contributed by atoms with van der Waals surface area (Å²) in [5.41, 5.74) is -0.535. The molecule has 0 saturated heterocycles. The van der Waals surface area contributed by atoms with Crippen LogP contribution in [0.2, 0.25) is 0 Å². The van der Waals surface area contributed by atoms with Gasteiger partial charge in [0.2, 0.25) is 0 Å². The summed E-state index contributed by atoms with van der Waals surface area (Å²) in [6.07, 6.45) is 0.313. The van der Waals surface area contributed by atoms with Gasteiger partial charge in [-0.3, -0.25) is 4.79 Å². The fourth-order valence-electron chi connectivity index (χ4n) is 1.95. The van der Waals surface area contributed by atoms with Gasteiger partial charge in [0.15, 0.2) is 0 Å². The largest absolute Gasteiger partial charge is 0.444 e. The van der Waals surface area contributed by atoms with E-state index < -0.39 is 11.7 Å².